The van der Waals surface area contributed by atoms with Crippen LogP contribution in [0.15, 0.2) is 6.20 Å². The van der Waals surface area contributed by atoms with E-state index in [0.29, 0.717) is 11.2 Å². The number of aliphatic carboxylic acids is 2. The van der Waals surface area contributed by atoms with Gasteiger partial charge in [0.15, 0.2) is 17.7 Å². The molecule has 3 N–H and O–H groups in total. The van der Waals surface area contributed by atoms with Crippen LogP contribution in [0.3, 0.4) is 0 Å². The van der Waals surface area contributed by atoms with Gasteiger partial charge in [-0.1, -0.05) is 12.8 Å². The summed E-state index contributed by atoms with van der Waals surface area (Å²) in [5.41, 5.74) is 3.09. The van der Waals surface area contributed by atoms with E-state index >= 15 is 0 Å². The molecule has 1 saturated carbocycles. The van der Waals surface area contributed by atoms with Crippen molar-refractivity contribution in [1.82, 2.24) is 19.7 Å². The number of carbonyl (C=O) groups is 3. The van der Waals surface area contributed by atoms with Gasteiger partial charge in [0.1, 0.15) is 6.61 Å². The Balaban J connectivity index is 1.67. The van der Waals surface area contributed by atoms with Crippen LogP contribution in [0.25, 0.3) is 11.0 Å². The minimum Gasteiger partial charge on any atom is -0.481 e. The molecule has 0 aromatic carbocycles. The van der Waals surface area contributed by atoms with Gasteiger partial charge in [-0.2, -0.15) is 15.1 Å². The lowest BCUT2D eigenvalue weighted by Crippen LogP contribution is -2.29. The molecule has 0 spiro atoms. The molecule has 190 valence electrons. The molecule has 0 radical (unpaired) electrons. The molecule has 0 unspecified atom stereocenters. The van der Waals surface area contributed by atoms with Crippen LogP contribution in [0.4, 0.5) is 5.82 Å². The summed E-state index contributed by atoms with van der Waals surface area (Å²) in [6.45, 7) is 0.992. The minimum absolute atomic E-state index is 0.0470. The van der Waals surface area contributed by atoms with Crippen molar-refractivity contribution < 1.29 is 38.9 Å². The second-order valence-electron chi connectivity index (χ2n) is 8.69. The Kier molecular flexibility index (Phi) is 7.67. The fourth-order valence-corrected chi connectivity index (χ4v) is 4.88. The lowest BCUT2D eigenvalue weighted by atomic mass is 9.84. The molecule has 14 heteroatoms. The van der Waals surface area contributed by atoms with E-state index < -0.39 is 48.5 Å². The molecule has 1 saturated heterocycles. The summed E-state index contributed by atoms with van der Waals surface area (Å²) in [5.74, 6) is -4.09. The summed E-state index contributed by atoms with van der Waals surface area (Å²) in [6, 6.07) is 0. The average Bonchev–Trinajstić information content (AvgIpc) is 3.50. The summed E-state index contributed by atoms with van der Waals surface area (Å²) >= 11 is 6.16. The Morgan fingerprint density at radius 2 is 1.86 bits per heavy atom. The van der Waals surface area contributed by atoms with Crippen molar-refractivity contribution in [1.29, 1.82) is 0 Å². The van der Waals surface area contributed by atoms with Crippen LogP contribution in [0, 0.1) is 11.8 Å². The first kappa shape index (κ1) is 25.1. The Hall–Kier alpha value is -3.03. The molecule has 0 amide bonds. The third-order valence-corrected chi connectivity index (χ3v) is 6.44. The summed E-state index contributed by atoms with van der Waals surface area (Å²) in [4.78, 5) is 48.7. The number of halogens is 1. The molecule has 13 nitrogen and oxygen atoms in total. The van der Waals surface area contributed by atoms with Gasteiger partial charge in [0.2, 0.25) is 5.28 Å². The van der Waals surface area contributed by atoms with Gasteiger partial charge in [-0.15, -0.1) is 0 Å². The number of hydrogen-bond acceptors (Lipinski definition) is 10. The molecule has 4 rings (SSSR count). The zero-order chi connectivity index (χ0) is 25.1. The molecular weight excluding hydrogens is 486 g/mol. The number of esters is 1. The lowest BCUT2D eigenvalue weighted by molar-refractivity contribution is -0.147. The highest BCUT2D eigenvalue weighted by Gasteiger charge is 2.48. The number of rotatable bonds is 10. The van der Waals surface area contributed by atoms with Crippen LogP contribution in [0.5, 0.6) is 0 Å². The lowest BCUT2D eigenvalue weighted by Gasteiger charge is -2.21. The topological polar surface area (TPSA) is 175 Å². The van der Waals surface area contributed by atoms with E-state index in [0.717, 1.165) is 25.7 Å². The predicted molar refractivity (Wildman–Crippen MR) is 119 cm³/mol. The van der Waals surface area contributed by atoms with Gasteiger partial charge < -0.3 is 19.7 Å². The molecule has 1 aliphatic carbocycles. The Bertz CT molecular complexity index is 1100. The van der Waals surface area contributed by atoms with Gasteiger partial charge in [-0.3, -0.25) is 19.2 Å². The molecule has 2 aromatic rings. The van der Waals surface area contributed by atoms with Gasteiger partial charge in [0.25, 0.3) is 0 Å². The number of carbonyl (C=O) groups excluding carboxylic acids is 1. The van der Waals surface area contributed by atoms with E-state index in [1.54, 1.807) is 0 Å². The third kappa shape index (κ3) is 5.80. The van der Waals surface area contributed by atoms with Crippen molar-refractivity contribution in [2.24, 2.45) is 11.8 Å². The smallest absolute Gasteiger partial charge is 0.303 e. The summed E-state index contributed by atoms with van der Waals surface area (Å²) in [6.07, 6.45) is 2.91. The van der Waals surface area contributed by atoms with Crippen LogP contribution >= 0.6 is 11.6 Å². The number of ether oxygens (including phenoxy) is 2. The Morgan fingerprint density at radius 3 is 2.51 bits per heavy atom. The number of fused-ring (bicyclic) bond motifs is 1. The van der Waals surface area contributed by atoms with Crippen molar-refractivity contribution in [3.05, 3.63) is 11.5 Å². The molecule has 2 fully saturated rings. The van der Waals surface area contributed by atoms with E-state index in [-0.39, 0.29) is 30.1 Å². The average molecular weight is 512 g/mol. The summed E-state index contributed by atoms with van der Waals surface area (Å²) in [5, 5.41) is 23.7. The van der Waals surface area contributed by atoms with Crippen LogP contribution in [-0.2, 0) is 28.7 Å². The zero-order valence-electron chi connectivity index (χ0n) is 18.9. The monoisotopic (exact) mass is 511 g/mol. The molecular formula is C21H26ClN5O8. The second kappa shape index (κ2) is 10.7. The van der Waals surface area contributed by atoms with E-state index in [1.807, 2.05) is 0 Å². The fraction of sp³-hybridized carbons (Fsp3) is 0.619. The van der Waals surface area contributed by atoms with Crippen molar-refractivity contribution in [2.45, 2.75) is 63.9 Å². The van der Waals surface area contributed by atoms with Crippen LogP contribution < -0.4 is 5.48 Å². The fourth-order valence-electron chi connectivity index (χ4n) is 4.72. The minimum atomic E-state index is -1.14. The number of aromatic nitrogens is 4. The summed E-state index contributed by atoms with van der Waals surface area (Å²) < 4.78 is 12.5. The number of carboxylic acid groups (broad SMARTS) is 2. The van der Waals surface area contributed by atoms with Crippen molar-refractivity contribution in [2.75, 3.05) is 12.1 Å². The Labute approximate surface area is 204 Å². The largest absolute Gasteiger partial charge is 0.481 e. The maximum atomic E-state index is 11.7. The standard InChI is InChI=1S/C21H26ClN5O8/c1-10(28)33-9-15-12(6-16(29)30)13(7-17(31)32)20(34-15)27-19-14(8-23-27)18(24-21(22)25-19)26-35-11-4-2-3-5-11/h8,11-13,15,20H,2-7,9H2,1H3,(H,29,30)(H,31,32)(H,24,25,26)/t12-,13-,15+,20-/m1/s1. The summed E-state index contributed by atoms with van der Waals surface area (Å²) in [7, 11) is 0. The van der Waals surface area contributed by atoms with Gasteiger partial charge in [-0.05, 0) is 24.4 Å². The van der Waals surface area contributed by atoms with Crippen molar-refractivity contribution >= 4 is 46.4 Å². The maximum absolute atomic E-state index is 11.7. The van der Waals surface area contributed by atoms with Crippen molar-refractivity contribution in [3.8, 4) is 0 Å². The van der Waals surface area contributed by atoms with Gasteiger partial charge >= 0.3 is 17.9 Å². The third-order valence-electron chi connectivity index (χ3n) is 6.27. The molecule has 0 bridgehead atoms. The quantitative estimate of drug-likeness (QED) is 0.241. The SMILES string of the molecule is CC(=O)OC[C@@H]1O[C@@H](n2ncc3c(NOC4CCCC4)nc(Cl)nc32)[C@H](CC(=O)O)[C@H]1CC(=O)O. The first-order valence-electron chi connectivity index (χ1n) is 11.3. The highest BCUT2D eigenvalue weighted by atomic mass is 35.5. The number of hydrogen-bond donors (Lipinski definition) is 3. The van der Waals surface area contributed by atoms with E-state index in [1.165, 1.54) is 17.8 Å². The van der Waals surface area contributed by atoms with Crippen LogP contribution in [0.1, 0.15) is 51.7 Å². The van der Waals surface area contributed by atoms with Gasteiger partial charge in [0.05, 0.1) is 36.6 Å². The highest BCUT2D eigenvalue weighted by molar-refractivity contribution is 6.28. The van der Waals surface area contributed by atoms with E-state index in [9.17, 15) is 24.6 Å². The van der Waals surface area contributed by atoms with Gasteiger partial charge in [-0.25, -0.2) is 10.2 Å². The molecule has 1 aliphatic heterocycles. The number of nitrogens with one attached hydrogen (secondary N) is 1. The zero-order valence-corrected chi connectivity index (χ0v) is 19.7. The number of nitrogens with zero attached hydrogens (tertiary/aromatic N) is 4. The first-order valence-corrected chi connectivity index (χ1v) is 11.7. The molecule has 35 heavy (non-hydrogen) atoms. The number of anilines is 1. The van der Waals surface area contributed by atoms with E-state index in [2.05, 4.69) is 20.5 Å². The number of carboxylic acids is 2. The second-order valence-corrected chi connectivity index (χ2v) is 9.02. The highest BCUT2D eigenvalue weighted by Crippen LogP contribution is 2.44. The molecule has 3 heterocycles. The van der Waals surface area contributed by atoms with Crippen LogP contribution in [-0.4, -0.2) is 66.7 Å². The van der Waals surface area contributed by atoms with Crippen molar-refractivity contribution in [3.63, 3.8) is 0 Å². The Morgan fingerprint density at radius 1 is 1.17 bits per heavy atom. The normalized spacial score (nSPS) is 24.6. The molecule has 2 aromatic heterocycles. The van der Waals surface area contributed by atoms with E-state index in [4.69, 9.17) is 25.9 Å². The first-order chi connectivity index (χ1) is 16.7. The van der Waals surface area contributed by atoms with Gasteiger partial charge in [0, 0.05) is 18.8 Å². The maximum Gasteiger partial charge on any atom is 0.303 e. The molecule has 4 atom stereocenters. The predicted octanol–water partition coefficient (Wildman–Crippen LogP) is 2.41. The van der Waals surface area contributed by atoms with Crippen LogP contribution in [0.2, 0.25) is 5.28 Å². The molecule has 2 aliphatic rings.